The maximum atomic E-state index is 13.3. The number of amides is 1. The predicted octanol–water partition coefficient (Wildman–Crippen LogP) is 2.28. The second kappa shape index (κ2) is 8.90. The van der Waals surface area contributed by atoms with Crippen LogP contribution in [-0.4, -0.2) is 66.7 Å². The molecule has 0 N–H and O–H groups in total. The summed E-state index contributed by atoms with van der Waals surface area (Å²) >= 11 is 0. The van der Waals surface area contributed by atoms with Crippen LogP contribution in [0.15, 0.2) is 54.6 Å². The van der Waals surface area contributed by atoms with E-state index in [0.29, 0.717) is 31.9 Å². The number of morpholine rings is 1. The van der Waals surface area contributed by atoms with Crippen molar-refractivity contribution in [2.45, 2.75) is 13.0 Å². The lowest BCUT2D eigenvalue weighted by atomic mass is 9.86. The number of benzene rings is 2. The zero-order chi connectivity index (χ0) is 21.1. The zero-order valence-corrected chi connectivity index (χ0v) is 17.1. The number of hydrogen-bond acceptors (Lipinski definition) is 5. The summed E-state index contributed by atoms with van der Waals surface area (Å²) in [6.07, 6.45) is 0. The van der Waals surface area contributed by atoms with Crippen LogP contribution < -0.4 is 0 Å². The van der Waals surface area contributed by atoms with Gasteiger partial charge in [0.05, 0.1) is 19.3 Å². The number of aryl methyl sites for hydroxylation is 1. The monoisotopic (exact) mass is 406 g/mol. The van der Waals surface area contributed by atoms with E-state index in [2.05, 4.69) is 4.90 Å². The summed E-state index contributed by atoms with van der Waals surface area (Å²) in [5.74, 6) is -2.50. The lowest BCUT2D eigenvalue weighted by Crippen LogP contribution is -2.42. The Kier molecular flexibility index (Phi) is 6.06. The van der Waals surface area contributed by atoms with Gasteiger partial charge >= 0.3 is 0 Å². The van der Waals surface area contributed by atoms with E-state index >= 15 is 0 Å². The Morgan fingerprint density at radius 2 is 1.63 bits per heavy atom. The van der Waals surface area contributed by atoms with Gasteiger partial charge in [-0.25, -0.2) is 0 Å². The van der Waals surface area contributed by atoms with Crippen LogP contribution in [0.5, 0.6) is 0 Å². The van der Waals surface area contributed by atoms with Gasteiger partial charge in [-0.1, -0.05) is 60.2 Å². The van der Waals surface area contributed by atoms with E-state index in [-0.39, 0.29) is 5.78 Å². The van der Waals surface area contributed by atoms with Gasteiger partial charge in [-0.3, -0.25) is 19.3 Å². The fourth-order valence-electron chi connectivity index (χ4n) is 4.22. The molecule has 2 fully saturated rings. The average Bonchev–Trinajstić information content (AvgIpc) is 3.04. The molecule has 0 radical (unpaired) electrons. The average molecular weight is 406 g/mol. The summed E-state index contributed by atoms with van der Waals surface area (Å²) < 4.78 is 5.39. The molecule has 6 nitrogen and oxygen atoms in total. The van der Waals surface area contributed by atoms with Gasteiger partial charge in [0.15, 0.2) is 5.78 Å². The first-order valence-corrected chi connectivity index (χ1v) is 10.4. The molecule has 156 valence electrons. The largest absolute Gasteiger partial charge is 0.379 e. The fourth-order valence-corrected chi connectivity index (χ4v) is 4.22. The molecular weight excluding hydrogens is 380 g/mol. The van der Waals surface area contributed by atoms with Crippen LogP contribution in [-0.2, 0) is 14.3 Å². The number of Topliss-reactive ketones (excluding diaryl/α,β-unsaturated/α-hetero) is 2. The molecule has 2 unspecified atom stereocenters. The van der Waals surface area contributed by atoms with E-state index in [9.17, 15) is 14.4 Å². The summed E-state index contributed by atoms with van der Waals surface area (Å²) in [5, 5.41) is 0. The Balaban J connectivity index is 1.65. The molecule has 2 heterocycles. The number of ether oxygens (including phenoxy) is 1. The van der Waals surface area contributed by atoms with Crippen molar-refractivity contribution in [2.75, 3.05) is 39.4 Å². The first kappa shape index (κ1) is 20.4. The molecular formula is C24H26N2O4. The predicted molar refractivity (Wildman–Crippen MR) is 112 cm³/mol. The fraction of sp³-hybridized carbons (Fsp3) is 0.375. The molecule has 4 rings (SSSR count). The summed E-state index contributed by atoms with van der Waals surface area (Å²) in [4.78, 5) is 43.0. The molecule has 0 aliphatic carbocycles. The molecule has 2 aromatic rings. The number of hydrogen-bond donors (Lipinski definition) is 0. The van der Waals surface area contributed by atoms with E-state index in [1.54, 1.807) is 29.2 Å². The van der Waals surface area contributed by atoms with Crippen molar-refractivity contribution < 1.29 is 19.1 Å². The Morgan fingerprint density at radius 3 is 2.30 bits per heavy atom. The second-order valence-electron chi connectivity index (χ2n) is 7.88. The Bertz CT molecular complexity index is 920. The molecule has 1 amide bonds. The maximum Gasteiger partial charge on any atom is 0.291 e. The molecule has 0 spiro atoms. The lowest BCUT2D eigenvalue weighted by Gasteiger charge is -2.31. The van der Waals surface area contributed by atoms with Crippen molar-refractivity contribution >= 4 is 17.5 Å². The Hall–Kier alpha value is -2.83. The van der Waals surface area contributed by atoms with Crippen LogP contribution in [0.3, 0.4) is 0 Å². The highest BCUT2D eigenvalue weighted by Gasteiger charge is 2.51. The molecule has 2 atom stereocenters. The van der Waals surface area contributed by atoms with Gasteiger partial charge in [0.1, 0.15) is 5.92 Å². The molecule has 2 aliphatic rings. The summed E-state index contributed by atoms with van der Waals surface area (Å²) in [6, 6.07) is 15.9. The van der Waals surface area contributed by atoms with E-state index in [0.717, 1.165) is 24.2 Å². The van der Waals surface area contributed by atoms with Crippen molar-refractivity contribution in [3.8, 4) is 0 Å². The third-order valence-corrected chi connectivity index (χ3v) is 5.93. The third kappa shape index (κ3) is 4.06. The van der Waals surface area contributed by atoms with Gasteiger partial charge in [0.25, 0.3) is 5.91 Å². The lowest BCUT2D eigenvalue weighted by molar-refractivity contribution is -0.141. The minimum Gasteiger partial charge on any atom is -0.379 e. The second-order valence-corrected chi connectivity index (χ2v) is 7.88. The minimum atomic E-state index is -1.02. The maximum absolute atomic E-state index is 13.3. The van der Waals surface area contributed by atoms with Crippen molar-refractivity contribution in [3.63, 3.8) is 0 Å². The Morgan fingerprint density at radius 1 is 0.967 bits per heavy atom. The molecule has 0 aromatic heterocycles. The zero-order valence-electron chi connectivity index (χ0n) is 17.1. The molecule has 2 saturated heterocycles. The normalized spacial score (nSPS) is 22.5. The first-order valence-electron chi connectivity index (χ1n) is 10.4. The summed E-state index contributed by atoms with van der Waals surface area (Å²) in [5.41, 5.74) is 2.35. The van der Waals surface area contributed by atoms with Gasteiger partial charge in [-0.15, -0.1) is 0 Å². The molecule has 2 aliphatic heterocycles. The van der Waals surface area contributed by atoms with Gasteiger partial charge in [0.2, 0.25) is 5.78 Å². The standard InChI is InChI=1S/C24H26N2O4/c1-17-7-9-18(10-8-17)21-20(22(27)19-5-3-2-4-6-19)23(28)24(29)26(21)12-11-25-13-15-30-16-14-25/h2-10,20-21H,11-16H2,1H3. The molecule has 30 heavy (non-hydrogen) atoms. The number of ketones is 2. The topological polar surface area (TPSA) is 66.9 Å². The molecule has 6 heteroatoms. The Labute approximate surface area is 176 Å². The van der Waals surface area contributed by atoms with Crippen LogP contribution in [0.2, 0.25) is 0 Å². The van der Waals surface area contributed by atoms with Crippen LogP contribution in [0.4, 0.5) is 0 Å². The number of carbonyl (C=O) groups is 3. The number of nitrogens with zero attached hydrogens (tertiary/aromatic N) is 2. The van der Waals surface area contributed by atoms with Crippen LogP contribution in [0.1, 0.15) is 27.5 Å². The third-order valence-electron chi connectivity index (χ3n) is 5.93. The first-order chi connectivity index (χ1) is 14.6. The van der Waals surface area contributed by atoms with Gasteiger partial charge in [-0.05, 0) is 12.5 Å². The smallest absolute Gasteiger partial charge is 0.291 e. The quantitative estimate of drug-likeness (QED) is 0.418. The van der Waals surface area contributed by atoms with Crippen molar-refractivity contribution in [1.82, 2.24) is 9.80 Å². The van der Waals surface area contributed by atoms with Crippen molar-refractivity contribution in [3.05, 3.63) is 71.3 Å². The minimum absolute atomic E-state index is 0.298. The molecule has 2 aromatic carbocycles. The van der Waals surface area contributed by atoms with Crippen LogP contribution in [0.25, 0.3) is 0 Å². The number of likely N-dealkylation sites (tertiary alicyclic amines) is 1. The highest BCUT2D eigenvalue weighted by molar-refractivity contribution is 6.44. The molecule has 0 saturated carbocycles. The van der Waals surface area contributed by atoms with E-state index in [4.69, 9.17) is 4.74 Å². The van der Waals surface area contributed by atoms with Gasteiger partial charge in [-0.2, -0.15) is 0 Å². The summed E-state index contributed by atoms with van der Waals surface area (Å²) in [6.45, 7) is 5.98. The van der Waals surface area contributed by atoms with E-state index < -0.39 is 23.7 Å². The van der Waals surface area contributed by atoms with Crippen LogP contribution in [0, 0.1) is 12.8 Å². The summed E-state index contributed by atoms with van der Waals surface area (Å²) in [7, 11) is 0. The van der Waals surface area contributed by atoms with Gasteiger partial charge in [0, 0.05) is 31.7 Å². The van der Waals surface area contributed by atoms with E-state index in [1.807, 2.05) is 37.3 Å². The van der Waals surface area contributed by atoms with Crippen molar-refractivity contribution in [1.29, 1.82) is 0 Å². The SMILES string of the molecule is Cc1ccc(C2C(C(=O)c3ccccc3)C(=O)C(=O)N2CCN2CCOCC2)cc1. The highest BCUT2D eigenvalue weighted by atomic mass is 16.5. The van der Waals surface area contributed by atoms with Gasteiger partial charge < -0.3 is 9.64 Å². The molecule has 0 bridgehead atoms. The number of carbonyl (C=O) groups excluding carboxylic acids is 3. The number of rotatable bonds is 6. The van der Waals surface area contributed by atoms with Crippen molar-refractivity contribution in [2.24, 2.45) is 5.92 Å². The van der Waals surface area contributed by atoms with E-state index in [1.165, 1.54) is 0 Å². The highest BCUT2D eigenvalue weighted by Crippen LogP contribution is 2.38. The van der Waals surface area contributed by atoms with Crippen LogP contribution >= 0.6 is 0 Å².